The quantitative estimate of drug-likeness (QED) is 0.786. The van der Waals surface area contributed by atoms with Gasteiger partial charge in [0.05, 0.1) is 0 Å². The predicted molar refractivity (Wildman–Crippen MR) is 69.7 cm³/mol. The summed E-state index contributed by atoms with van der Waals surface area (Å²) in [6.07, 6.45) is 4.36. The number of rotatable bonds is 4. The number of hydrogen-bond donors (Lipinski definition) is 2. The Morgan fingerprint density at radius 1 is 1.53 bits per heavy atom. The Hall–Kier alpha value is -0.570. The smallest absolute Gasteiger partial charge is 0.220 e. The van der Waals surface area contributed by atoms with E-state index >= 15 is 0 Å². The fourth-order valence-corrected chi connectivity index (χ4v) is 2.79. The number of amides is 1. The molecule has 2 aliphatic rings. The number of carbonyl (C=O) groups is 1. The van der Waals surface area contributed by atoms with E-state index in [-0.39, 0.29) is 5.91 Å². The molecule has 0 spiro atoms. The van der Waals surface area contributed by atoms with Crippen LogP contribution in [0.5, 0.6) is 0 Å². The van der Waals surface area contributed by atoms with Crippen LogP contribution in [-0.2, 0) is 4.79 Å². The Bertz CT molecular complexity index is 282. The van der Waals surface area contributed by atoms with E-state index in [1.165, 1.54) is 12.8 Å². The highest BCUT2D eigenvalue weighted by atomic mass is 16.1. The fraction of sp³-hybridized carbons (Fsp3) is 0.929. The molecule has 0 aromatic carbocycles. The minimum atomic E-state index is 0.249. The van der Waals surface area contributed by atoms with Gasteiger partial charge in [-0.15, -0.1) is 0 Å². The summed E-state index contributed by atoms with van der Waals surface area (Å²) in [4.78, 5) is 11.9. The summed E-state index contributed by atoms with van der Waals surface area (Å²) in [5, 5.41) is 6.58. The van der Waals surface area contributed by atoms with E-state index in [4.69, 9.17) is 0 Å². The molecule has 1 saturated heterocycles. The molecular weight excluding hydrogens is 212 g/mol. The molecule has 3 atom stereocenters. The van der Waals surface area contributed by atoms with Crippen LogP contribution in [0.15, 0.2) is 0 Å². The van der Waals surface area contributed by atoms with Gasteiger partial charge in [-0.2, -0.15) is 0 Å². The number of nitrogens with one attached hydrogen (secondary N) is 2. The van der Waals surface area contributed by atoms with Crippen molar-refractivity contribution in [3.05, 3.63) is 0 Å². The molecule has 17 heavy (non-hydrogen) atoms. The van der Waals surface area contributed by atoms with Gasteiger partial charge in [-0.3, -0.25) is 4.79 Å². The van der Waals surface area contributed by atoms with E-state index in [1.54, 1.807) is 0 Å². The first-order valence-corrected chi connectivity index (χ1v) is 6.99. The molecule has 3 unspecified atom stereocenters. The topological polar surface area (TPSA) is 41.1 Å². The largest absolute Gasteiger partial charge is 0.353 e. The van der Waals surface area contributed by atoms with Gasteiger partial charge in [-0.1, -0.05) is 20.8 Å². The number of piperidine rings is 1. The summed E-state index contributed by atoms with van der Waals surface area (Å²) in [6.45, 7) is 8.88. The van der Waals surface area contributed by atoms with Crippen LogP contribution in [0.25, 0.3) is 0 Å². The third kappa shape index (κ3) is 3.44. The number of hydrogen-bond acceptors (Lipinski definition) is 2. The summed E-state index contributed by atoms with van der Waals surface area (Å²) in [5.74, 6) is 1.44. The van der Waals surface area contributed by atoms with Crippen LogP contribution in [0, 0.1) is 17.3 Å². The first kappa shape index (κ1) is 12.9. The van der Waals surface area contributed by atoms with E-state index in [2.05, 4.69) is 31.4 Å². The lowest BCUT2D eigenvalue weighted by molar-refractivity contribution is -0.122. The molecule has 3 heteroatoms. The van der Waals surface area contributed by atoms with Crippen molar-refractivity contribution in [2.24, 2.45) is 17.3 Å². The highest BCUT2D eigenvalue weighted by Gasteiger charge is 2.46. The van der Waals surface area contributed by atoms with Gasteiger partial charge in [-0.05, 0) is 49.6 Å². The maximum absolute atomic E-state index is 11.9. The van der Waals surface area contributed by atoms with Crippen LogP contribution in [-0.4, -0.2) is 25.0 Å². The van der Waals surface area contributed by atoms with E-state index in [0.29, 0.717) is 29.7 Å². The lowest BCUT2D eigenvalue weighted by Gasteiger charge is -2.28. The van der Waals surface area contributed by atoms with Crippen LogP contribution in [0.3, 0.4) is 0 Å². The van der Waals surface area contributed by atoms with E-state index in [9.17, 15) is 4.79 Å². The molecule has 0 bridgehead atoms. The van der Waals surface area contributed by atoms with Crippen LogP contribution in [0.2, 0.25) is 0 Å². The molecule has 2 N–H and O–H groups in total. The first-order valence-electron chi connectivity index (χ1n) is 6.99. The van der Waals surface area contributed by atoms with Crippen molar-refractivity contribution in [1.29, 1.82) is 0 Å². The molecule has 2 fully saturated rings. The van der Waals surface area contributed by atoms with Crippen LogP contribution >= 0.6 is 0 Å². The zero-order valence-electron chi connectivity index (χ0n) is 11.4. The monoisotopic (exact) mass is 238 g/mol. The molecule has 1 aliphatic heterocycles. The van der Waals surface area contributed by atoms with Gasteiger partial charge in [0.15, 0.2) is 0 Å². The standard InChI is InChI=1S/C14H26N2O/c1-10(11-5-4-6-15-9-11)7-13(17)16-12-8-14(12,2)3/h10-12,15H,4-9H2,1-3H3,(H,16,17). The third-order valence-corrected chi connectivity index (χ3v) is 4.50. The van der Waals surface area contributed by atoms with Gasteiger partial charge >= 0.3 is 0 Å². The van der Waals surface area contributed by atoms with Crippen molar-refractivity contribution >= 4 is 5.91 Å². The second kappa shape index (κ2) is 4.97. The molecule has 1 heterocycles. The zero-order chi connectivity index (χ0) is 12.5. The molecule has 0 radical (unpaired) electrons. The van der Waals surface area contributed by atoms with Crippen LogP contribution in [0.4, 0.5) is 0 Å². The Morgan fingerprint density at radius 3 is 2.76 bits per heavy atom. The summed E-state index contributed by atoms with van der Waals surface area (Å²) in [7, 11) is 0. The van der Waals surface area contributed by atoms with Crippen molar-refractivity contribution in [2.75, 3.05) is 13.1 Å². The molecule has 0 aromatic heterocycles. The Balaban J connectivity index is 1.70. The Kier molecular flexibility index (Phi) is 3.76. The van der Waals surface area contributed by atoms with E-state index in [1.807, 2.05) is 0 Å². The van der Waals surface area contributed by atoms with E-state index < -0.39 is 0 Å². The van der Waals surface area contributed by atoms with Gasteiger partial charge in [0.25, 0.3) is 0 Å². The minimum absolute atomic E-state index is 0.249. The fourth-order valence-electron chi connectivity index (χ4n) is 2.79. The molecule has 2 rings (SSSR count). The summed E-state index contributed by atoms with van der Waals surface area (Å²) < 4.78 is 0. The molecule has 1 aliphatic carbocycles. The molecule has 98 valence electrons. The summed E-state index contributed by atoms with van der Waals surface area (Å²) in [5.41, 5.74) is 0.339. The van der Waals surface area contributed by atoms with Crippen LogP contribution < -0.4 is 10.6 Å². The predicted octanol–water partition coefficient (Wildman–Crippen LogP) is 1.93. The van der Waals surface area contributed by atoms with Crippen molar-refractivity contribution in [3.63, 3.8) is 0 Å². The van der Waals surface area contributed by atoms with Crippen molar-refractivity contribution < 1.29 is 4.79 Å². The van der Waals surface area contributed by atoms with Gasteiger partial charge in [-0.25, -0.2) is 0 Å². The molecule has 1 amide bonds. The Labute approximate surface area is 105 Å². The second-order valence-electron chi connectivity index (χ2n) is 6.60. The average Bonchev–Trinajstić information content (AvgIpc) is 2.86. The maximum atomic E-state index is 11.9. The van der Waals surface area contributed by atoms with Gasteiger partial charge in [0, 0.05) is 12.5 Å². The molecule has 1 saturated carbocycles. The third-order valence-electron chi connectivity index (χ3n) is 4.50. The highest BCUT2D eigenvalue weighted by Crippen LogP contribution is 2.44. The van der Waals surface area contributed by atoms with Gasteiger partial charge < -0.3 is 10.6 Å². The highest BCUT2D eigenvalue weighted by molar-refractivity contribution is 5.77. The summed E-state index contributed by atoms with van der Waals surface area (Å²) >= 11 is 0. The molecular formula is C14H26N2O. The SMILES string of the molecule is CC(CC(=O)NC1CC1(C)C)C1CCCNC1. The van der Waals surface area contributed by atoms with Gasteiger partial charge in [0.1, 0.15) is 0 Å². The number of carbonyl (C=O) groups excluding carboxylic acids is 1. The normalized spacial score (nSPS) is 32.9. The minimum Gasteiger partial charge on any atom is -0.353 e. The lowest BCUT2D eigenvalue weighted by atomic mass is 9.85. The first-order chi connectivity index (χ1) is 7.99. The van der Waals surface area contributed by atoms with Gasteiger partial charge in [0.2, 0.25) is 5.91 Å². The average molecular weight is 238 g/mol. The Morgan fingerprint density at radius 2 is 2.24 bits per heavy atom. The van der Waals surface area contributed by atoms with Crippen molar-refractivity contribution in [3.8, 4) is 0 Å². The molecule has 0 aromatic rings. The second-order valence-corrected chi connectivity index (χ2v) is 6.60. The molecule has 3 nitrogen and oxygen atoms in total. The zero-order valence-corrected chi connectivity index (χ0v) is 11.4. The van der Waals surface area contributed by atoms with Crippen molar-refractivity contribution in [2.45, 2.75) is 52.5 Å². The van der Waals surface area contributed by atoms with Crippen LogP contribution in [0.1, 0.15) is 46.5 Å². The summed E-state index contributed by atoms with van der Waals surface area (Å²) in [6, 6.07) is 0.423. The van der Waals surface area contributed by atoms with E-state index in [0.717, 1.165) is 19.5 Å². The lowest BCUT2D eigenvalue weighted by Crippen LogP contribution is -2.36. The maximum Gasteiger partial charge on any atom is 0.220 e. The van der Waals surface area contributed by atoms with Crippen molar-refractivity contribution in [1.82, 2.24) is 10.6 Å².